The molecule has 0 saturated heterocycles. The first-order valence-electron chi connectivity index (χ1n) is 23.6. The number of aldehydes is 1. The summed E-state index contributed by atoms with van der Waals surface area (Å²) in [5, 5.41) is 2.40. The fraction of sp³-hybridized carbons (Fsp3) is 0.421. The highest BCUT2D eigenvalue weighted by Crippen LogP contribution is 2.61. The summed E-state index contributed by atoms with van der Waals surface area (Å²) < 4.78 is 23.8. The van der Waals surface area contributed by atoms with Crippen molar-refractivity contribution < 1.29 is 18.4 Å². The largest absolute Gasteiger partial charge is 0.413 e. The highest BCUT2D eigenvalue weighted by Gasteiger charge is 2.61. The van der Waals surface area contributed by atoms with E-state index in [1.54, 1.807) is 0 Å². The lowest BCUT2D eigenvalue weighted by molar-refractivity contribution is -0.125. The summed E-state index contributed by atoms with van der Waals surface area (Å²) in [6, 6.07) is 53.8. The molecule has 4 nitrogen and oxygen atoms in total. The van der Waals surface area contributed by atoms with Gasteiger partial charge in [-0.15, -0.1) is 0 Å². The normalized spacial score (nSPS) is 21.0. The van der Waals surface area contributed by atoms with Crippen molar-refractivity contribution in [2.75, 3.05) is 17.6 Å². The maximum Gasteiger partial charge on any atom is 0.261 e. The summed E-state index contributed by atoms with van der Waals surface area (Å²) in [4.78, 5) is 14.5. The average molecular weight is 1000 g/mol. The number of allylic oxidation sites excluding steroid dienone is 2. The SMILES string of the molecule is CC(C)(C)[Si](C)(C)OC(CCCOC(c1ccccc1)(c1ccccc1)c1ccccc1)[C@]1(C=O)C[C@@H](CO[Si](c2ccccc2)(c2ccccc2)C(C)(C)C)[C@H]2CC=C(CCI)[C@H]21. The molecule has 0 aromatic heterocycles. The highest BCUT2D eigenvalue weighted by molar-refractivity contribution is 14.1. The third-order valence-corrected chi connectivity index (χ3v) is 25.2. The van der Waals surface area contributed by atoms with Crippen molar-refractivity contribution in [1.29, 1.82) is 0 Å². The van der Waals surface area contributed by atoms with Gasteiger partial charge in [0.1, 0.15) is 11.9 Å². The molecule has 0 N–H and O–H groups in total. The minimum atomic E-state index is -2.82. The zero-order chi connectivity index (χ0) is 45.6. The second kappa shape index (κ2) is 20.2. The van der Waals surface area contributed by atoms with E-state index in [2.05, 4.69) is 235 Å². The van der Waals surface area contributed by atoms with Gasteiger partial charge in [-0.3, -0.25) is 0 Å². The average Bonchev–Trinajstić information content (AvgIpc) is 3.86. The van der Waals surface area contributed by atoms with Crippen LogP contribution >= 0.6 is 22.6 Å². The van der Waals surface area contributed by atoms with Crippen LogP contribution in [-0.2, 0) is 24.0 Å². The lowest BCUT2D eigenvalue weighted by atomic mass is 9.69. The number of ether oxygens (including phenoxy) is 1. The Morgan fingerprint density at radius 3 is 1.59 bits per heavy atom. The predicted molar refractivity (Wildman–Crippen MR) is 280 cm³/mol. The zero-order valence-electron chi connectivity index (χ0n) is 39.6. The Kier molecular flexibility index (Phi) is 15.3. The van der Waals surface area contributed by atoms with Crippen LogP contribution in [0.2, 0.25) is 23.2 Å². The van der Waals surface area contributed by atoms with Crippen LogP contribution in [0.4, 0.5) is 0 Å². The zero-order valence-corrected chi connectivity index (χ0v) is 43.7. The molecule has 5 aromatic rings. The lowest BCUT2D eigenvalue weighted by Gasteiger charge is -2.46. The molecule has 5 atom stereocenters. The molecule has 0 bridgehead atoms. The number of fused-ring (bicyclic) bond motifs is 1. The van der Waals surface area contributed by atoms with Gasteiger partial charge >= 0.3 is 0 Å². The van der Waals surface area contributed by atoms with E-state index >= 15 is 0 Å². The van der Waals surface area contributed by atoms with Crippen molar-refractivity contribution in [2.24, 2.45) is 23.2 Å². The first-order chi connectivity index (χ1) is 30.6. The summed E-state index contributed by atoms with van der Waals surface area (Å²) >= 11 is 2.52. The van der Waals surface area contributed by atoms with Crippen LogP contribution in [0.5, 0.6) is 0 Å². The Labute approximate surface area is 401 Å². The first kappa shape index (κ1) is 48.5. The van der Waals surface area contributed by atoms with Crippen LogP contribution in [0.1, 0.15) is 90.3 Å². The van der Waals surface area contributed by atoms with Gasteiger partial charge < -0.3 is 18.4 Å². The number of rotatable bonds is 19. The van der Waals surface area contributed by atoms with Gasteiger partial charge in [-0.1, -0.05) is 227 Å². The minimum Gasteiger partial charge on any atom is -0.413 e. The summed E-state index contributed by atoms with van der Waals surface area (Å²) in [5.41, 5.74) is 3.21. The molecular formula is C57H71IO4Si2. The number of benzene rings is 5. The Hall–Kier alpha value is -3.45. The monoisotopic (exact) mass is 1000 g/mol. The van der Waals surface area contributed by atoms with Gasteiger partial charge in [0.05, 0.1) is 11.5 Å². The lowest BCUT2D eigenvalue weighted by Crippen LogP contribution is -2.67. The maximum atomic E-state index is 14.5. The molecule has 338 valence electrons. The number of carbonyl (C=O) groups is 1. The van der Waals surface area contributed by atoms with Crippen LogP contribution in [0.3, 0.4) is 0 Å². The molecule has 0 aliphatic heterocycles. The molecule has 2 aliphatic carbocycles. The molecule has 0 amide bonds. The quantitative estimate of drug-likeness (QED) is 0.0157. The highest BCUT2D eigenvalue weighted by atomic mass is 127. The second-order valence-electron chi connectivity index (χ2n) is 20.9. The molecule has 1 saturated carbocycles. The Morgan fingerprint density at radius 1 is 0.703 bits per heavy atom. The van der Waals surface area contributed by atoms with E-state index in [1.807, 2.05) is 0 Å². The van der Waals surface area contributed by atoms with Gasteiger partial charge in [-0.2, -0.15) is 0 Å². The van der Waals surface area contributed by atoms with E-state index in [0.29, 0.717) is 19.1 Å². The van der Waals surface area contributed by atoms with Gasteiger partial charge in [-0.05, 0) is 100 Å². The first-order valence-corrected chi connectivity index (χ1v) is 29.9. The van der Waals surface area contributed by atoms with E-state index < -0.39 is 27.7 Å². The summed E-state index contributed by atoms with van der Waals surface area (Å²) in [6.45, 7) is 19.8. The van der Waals surface area contributed by atoms with Gasteiger partial charge in [0.2, 0.25) is 0 Å². The summed E-state index contributed by atoms with van der Waals surface area (Å²) in [5.74, 6) is 0.619. The number of halogens is 1. The Bertz CT molecular complexity index is 2140. The number of hydrogen-bond donors (Lipinski definition) is 0. The van der Waals surface area contributed by atoms with Crippen LogP contribution in [0.15, 0.2) is 163 Å². The van der Waals surface area contributed by atoms with E-state index in [1.165, 1.54) is 22.2 Å². The minimum absolute atomic E-state index is 0.0325. The fourth-order valence-corrected chi connectivity index (χ4v) is 17.7. The Morgan fingerprint density at radius 2 is 1.17 bits per heavy atom. The van der Waals surface area contributed by atoms with E-state index in [0.717, 1.165) is 53.2 Å². The topological polar surface area (TPSA) is 44.8 Å². The van der Waals surface area contributed by atoms with E-state index in [-0.39, 0.29) is 28.0 Å². The van der Waals surface area contributed by atoms with Crippen molar-refractivity contribution in [2.45, 2.75) is 109 Å². The van der Waals surface area contributed by atoms with Crippen molar-refractivity contribution >= 4 is 55.9 Å². The fourth-order valence-electron chi connectivity index (χ4n) is 11.1. The molecule has 1 unspecified atom stereocenters. The number of hydrogen-bond acceptors (Lipinski definition) is 4. The van der Waals surface area contributed by atoms with Crippen molar-refractivity contribution in [1.82, 2.24) is 0 Å². The van der Waals surface area contributed by atoms with Crippen molar-refractivity contribution in [3.8, 4) is 0 Å². The molecule has 0 radical (unpaired) electrons. The van der Waals surface area contributed by atoms with Crippen LogP contribution in [0.25, 0.3) is 0 Å². The van der Waals surface area contributed by atoms with Crippen molar-refractivity contribution in [3.63, 3.8) is 0 Å². The molecule has 1 fully saturated rings. The Balaban J connectivity index is 1.26. The van der Waals surface area contributed by atoms with Crippen LogP contribution < -0.4 is 10.4 Å². The molecule has 0 spiro atoms. The van der Waals surface area contributed by atoms with E-state index in [9.17, 15) is 4.79 Å². The van der Waals surface area contributed by atoms with Gasteiger partial charge in [0.25, 0.3) is 8.32 Å². The van der Waals surface area contributed by atoms with Crippen LogP contribution in [-0.4, -0.2) is 46.7 Å². The molecular weight excluding hydrogens is 932 g/mol. The summed E-state index contributed by atoms with van der Waals surface area (Å²) in [6.07, 6.45) is 7.77. The van der Waals surface area contributed by atoms with Crippen molar-refractivity contribution in [3.05, 3.63) is 180 Å². The summed E-state index contributed by atoms with van der Waals surface area (Å²) in [7, 11) is -5.18. The molecule has 7 rings (SSSR count). The van der Waals surface area contributed by atoms with Gasteiger partial charge in [0.15, 0.2) is 8.32 Å². The standard InChI is InChI=1S/C57H71IO4Si2/c1-54(2,3)63(7,8)62-52(35-24-40-60-57(46-25-14-9-15-26-46,47-27-16-10-17-28-47)48-29-18-11-19-30-48)56(43-59)41-45(51-37-36-44(38-39-58)53(51)56)42-61-64(55(4,5)6,49-31-20-12-21-32-49)50-33-22-13-23-34-50/h9-23,25-34,36,43,45,51-53H,24,35,37-42H2,1-8H3/t45-,51+,52?,53+,56+/m0/s1. The van der Waals surface area contributed by atoms with Gasteiger partial charge in [-0.25, -0.2) is 0 Å². The maximum absolute atomic E-state index is 14.5. The van der Waals surface area contributed by atoms with Crippen LogP contribution in [0, 0.1) is 23.2 Å². The molecule has 5 aromatic carbocycles. The van der Waals surface area contributed by atoms with E-state index in [4.69, 9.17) is 13.6 Å². The molecule has 0 heterocycles. The number of alkyl halides is 1. The van der Waals surface area contributed by atoms with Gasteiger partial charge in [0, 0.05) is 17.6 Å². The second-order valence-corrected chi connectivity index (χ2v) is 31.0. The smallest absolute Gasteiger partial charge is 0.261 e. The molecule has 2 aliphatic rings. The third kappa shape index (κ3) is 9.41. The third-order valence-electron chi connectivity index (χ3n) is 15.1. The molecule has 7 heteroatoms. The number of carbonyl (C=O) groups excluding carboxylic acids is 1. The predicted octanol–water partition coefficient (Wildman–Crippen LogP) is 13.3. The molecule has 64 heavy (non-hydrogen) atoms.